The summed E-state index contributed by atoms with van der Waals surface area (Å²) in [5, 5.41) is 0. The molecule has 0 bridgehead atoms. The fraction of sp³-hybridized carbons (Fsp3) is 0.385. The van der Waals surface area contributed by atoms with Gasteiger partial charge in [-0.25, -0.2) is 0 Å². The minimum Gasteiger partial charge on any atom is -0.418 e. The van der Waals surface area contributed by atoms with E-state index in [9.17, 15) is 17.3 Å². The quantitative estimate of drug-likeness (QED) is 0.316. The van der Waals surface area contributed by atoms with Crippen LogP contribution in [0, 0.1) is 0 Å². The summed E-state index contributed by atoms with van der Waals surface area (Å²) in [7, 11) is -6.00. The molecule has 0 aliphatic carbocycles. The summed E-state index contributed by atoms with van der Waals surface area (Å²) in [6.45, 7) is 3.74. The molecule has 0 unspecified atom stereocenters. The zero-order valence-electron chi connectivity index (χ0n) is 10.7. The third-order valence-electron chi connectivity index (χ3n) is 2.36. The van der Waals surface area contributed by atoms with Gasteiger partial charge in [-0.15, -0.1) is 0 Å². The third-order valence-corrected chi connectivity index (χ3v) is 2.71. The predicted molar refractivity (Wildman–Crippen MR) is 79.3 cm³/mol. The smallest absolute Gasteiger partial charge is 0.418 e. The molecule has 0 saturated heterocycles. The maximum Gasteiger partial charge on any atom is 0.673 e. The van der Waals surface area contributed by atoms with Crippen LogP contribution in [0.15, 0.2) is 30.8 Å². The summed E-state index contributed by atoms with van der Waals surface area (Å²) < 4.78 is 39.0. The lowest BCUT2D eigenvalue weighted by Crippen LogP contribution is -2.02. The van der Waals surface area contributed by atoms with Crippen LogP contribution in [0.25, 0.3) is 6.08 Å². The molecule has 0 aromatic heterocycles. The van der Waals surface area contributed by atoms with Crippen LogP contribution < -0.4 is 0 Å². The van der Waals surface area contributed by atoms with Crippen molar-refractivity contribution in [2.75, 3.05) is 5.75 Å². The molecule has 6 heteroatoms. The molecule has 0 heterocycles. The van der Waals surface area contributed by atoms with Crippen LogP contribution in [0.5, 0.6) is 0 Å². The molecule has 0 aliphatic heterocycles. The number of benzene rings is 1. The highest BCUT2D eigenvalue weighted by atomic mass is 32.1. The van der Waals surface area contributed by atoms with Gasteiger partial charge in [0.2, 0.25) is 0 Å². The number of aryl methyl sites for hydroxylation is 1. The monoisotopic (exact) mass is 294 g/mol. The van der Waals surface area contributed by atoms with Gasteiger partial charge in [0.05, 0.1) is 0 Å². The van der Waals surface area contributed by atoms with Gasteiger partial charge in [0.25, 0.3) is 0 Å². The molecule has 1 rings (SSSR count). The Hall–Kier alpha value is -0.905. The number of hydrogen-bond donors (Lipinski definition) is 0. The van der Waals surface area contributed by atoms with Crippen molar-refractivity contribution in [1.82, 2.24) is 0 Å². The van der Waals surface area contributed by atoms with Crippen molar-refractivity contribution in [3.8, 4) is 0 Å². The summed E-state index contributed by atoms with van der Waals surface area (Å²) in [4.78, 5) is 0. The SMILES string of the molecule is C=Cc1ccc(CCCCC[SH2+])cc1.F[B-](F)(F)F. The molecule has 108 valence electrons. The minimum absolute atomic E-state index is 1.12. The van der Waals surface area contributed by atoms with Crippen LogP contribution in [0.3, 0.4) is 0 Å². The van der Waals surface area contributed by atoms with Crippen LogP contribution in [-0.4, -0.2) is 13.0 Å². The van der Waals surface area contributed by atoms with E-state index in [4.69, 9.17) is 0 Å². The summed E-state index contributed by atoms with van der Waals surface area (Å²) in [5.74, 6) is 1.12. The first kappa shape index (κ1) is 18.1. The second kappa shape index (κ2) is 9.95. The first-order valence-electron chi connectivity index (χ1n) is 6.10. The molecule has 0 saturated carbocycles. The molecular formula is C13H19BF4S. The van der Waals surface area contributed by atoms with Crippen molar-refractivity contribution in [2.24, 2.45) is 0 Å². The molecule has 1 aromatic rings. The molecule has 0 amide bonds. The third kappa shape index (κ3) is 13.3. The van der Waals surface area contributed by atoms with E-state index in [0.717, 1.165) is 5.75 Å². The maximum absolute atomic E-state index is 9.75. The lowest BCUT2D eigenvalue weighted by atomic mass is 10.1. The number of halogens is 4. The average Bonchev–Trinajstić information content (AvgIpc) is 2.33. The van der Waals surface area contributed by atoms with Crippen LogP contribution in [0.1, 0.15) is 30.4 Å². The Kier molecular flexibility index (Phi) is 9.48. The first-order valence-corrected chi connectivity index (χ1v) is 6.81. The topological polar surface area (TPSA) is 0 Å². The van der Waals surface area contributed by atoms with Crippen molar-refractivity contribution < 1.29 is 17.3 Å². The van der Waals surface area contributed by atoms with E-state index in [0.29, 0.717) is 0 Å². The van der Waals surface area contributed by atoms with Gasteiger partial charge in [-0.05, 0) is 49.4 Å². The van der Waals surface area contributed by atoms with Crippen molar-refractivity contribution in [3.63, 3.8) is 0 Å². The van der Waals surface area contributed by atoms with Crippen LogP contribution in [-0.2, 0) is 19.0 Å². The number of hydrogen-bond acceptors (Lipinski definition) is 0. The molecule has 0 atom stereocenters. The average molecular weight is 294 g/mol. The predicted octanol–water partition coefficient (Wildman–Crippen LogP) is 4.35. The van der Waals surface area contributed by atoms with E-state index in [1.54, 1.807) is 0 Å². The molecule has 0 fully saturated rings. The fourth-order valence-corrected chi connectivity index (χ4v) is 1.70. The van der Waals surface area contributed by atoms with Gasteiger partial charge >= 0.3 is 7.25 Å². The van der Waals surface area contributed by atoms with Crippen molar-refractivity contribution in [3.05, 3.63) is 42.0 Å². The summed E-state index contributed by atoms with van der Waals surface area (Å²) in [6.07, 6.45) is 6.96. The largest absolute Gasteiger partial charge is 0.673 e. The highest BCUT2D eigenvalue weighted by Gasteiger charge is 2.20. The highest BCUT2D eigenvalue weighted by Crippen LogP contribution is 2.09. The zero-order chi connectivity index (χ0) is 14.7. The Morgan fingerprint density at radius 2 is 1.53 bits per heavy atom. The lowest BCUT2D eigenvalue weighted by molar-refractivity contribution is 0.368. The fourth-order valence-electron chi connectivity index (χ4n) is 1.45. The van der Waals surface area contributed by atoms with Gasteiger partial charge in [0.1, 0.15) is 5.75 Å². The number of rotatable bonds is 6. The van der Waals surface area contributed by atoms with Gasteiger partial charge < -0.3 is 17.3 Å². The zero-order valence-corrected chi connectivity index (χ0v) is 11.7. The minimum atomic E-state index is -6.00. The van der Waals surface area contributed by atoms with Crippen molar-refractivity contribution in [1.29, 1.82) is 0 Å². The van der Waals surface area contributed by atoms with E-state index in [2.05, 4.69) is 43.5 Å². The van der Waals surface area contributed by atoms with E-state index >= 15 is 0 Å². The van der Waals surface area contributed by atoms with Crippen molar-refractivity contribution >= 4 is 26.0 Å². The molecule has 1 aromatic carbocycles. The van der Waals surface area contributed by atoms with Gasteiger partial charge in [0.15, 0.2) is 0 Å². The number of unbranched alkanes of at least 4 members (excludes halogenated alkanes) is 2. The Morgan fingerprint density at radius 1 is 1.00 bits per heavy atom. The summed E-state index contributed by atoms with van der Waals surface area (Å²) in [5.41, 5.74) is 2.64. The van der Waals surface area contributed by atoms with Gasteiger partial charge in [-0.3, -0.25) is 0 Å². The Labute approximate surface area is 117 Å². The molecule has 0 N–H and O–H groups in total. The van der Waals surface area contributed by atoms with Crippen LogP contribution in [0.2, 0.25) is 0 Å². The Morgan fingerprint density at radius 3 is 1.95 bits per heavy atom. The molecule has 0 radical (unpaired) electrons. The van der Waals surface area contributed by atoms with Gasteiger partial charge in [-0.1, -0.05) is 36.9 Å². The molecule has 0 spiro atoms. The Balaban J connectivity index is 0.000000555. The Bertz CT molecular complexity index is 343. The highest BCUT2D eigenvalue weighted by molar-refractivity contribution is 7.58. The lowest BCUT2D eigenvalue weighted by Gasteiger charge is -2.00. The van der Waals surface area contributed by atoms with E-state index in [1.807, 2.05) is 6.08 Å². The van der Waals surface area contributed by atoms with Crippen molar-refractivity contribution in [2.45, 2.75) is 25.7 Å². The molecule has 19 heavy (non-hydrogen) atoms. The summed E-state index contributed by atoms with van der Waals surface area (Å²) in [6, 6.07) is 8.66. The maximum atomic E-state index is 9.75. The molecule has 0 aliphatic rings. The molecular weight excluding hydrogens is 275 g/mol. The normalized spacial score (nSPS) is 10.6. The van der Waals surface area contributed by atoms with Gasteiger partial charge in [0, 0.05) is 0 Å². The first-order chi connectivity index (χ1) is 8.86. The van der Waals surface area contributed by atoms with E-state index < -0.39 is 7.25 Å². The summed E-state index contributed by atoms with van der Waals surface area (Å²) >= 11 is 3.49. The standard InChI is InChI=1S/C13H18S.BF4/c1-2-12-7-9-13(10-8-12)6-4-3-5-11-14;2-1(3,4)5/h2,7-10,14H,1,3-6,11H2;/q;-1/p+1. The van der Waals surface area contributed by atoms with Crippen LogP contribution >= 0.6 is 0 Å². The molecule has 0 nitrogen and oxygen atoms in total. The van der Waals surface area contributed by atoms with Crippen LogP contribution in [0.4, 0.5) is 17.3 Å². The van der Waals surface area contributed by atoms with E-state index in [-0.39, 0.29) is 0 Å². The van der Waals surface area contributed by atoms with E-state index in [1.165, 1.54) is 36.8 Å². The van der Waals surface area contributed by atoms with Gasteiger partial charge in [-0.2, -0.15) is 0 Å². The second-order valence-electron chi connectivity index (χ2n) is 4.00. The second-order valence-corrected chi connectivity index (χ2v) is 4.50.